The largest absolute Gasteiger partial charge is 0.726 e. The predicted octanol–water partition coefficient (Wildman–Crippen LogP) is -1.32. The summed E-state index contributed by atoms with van der Waals surface area (Å²) in [6.45, 7) is 1.33. The molecule has 0 atom stereocenters. The summed E-state index contributed by atoms with van der Waals surface area (Å²) in [7, 11) is -4.42. The molecule has 0 fully saturated rings. The van der Waals surface area contributed by atoms with Gasteiger partial charge in [0.25, 0.3) is 0 Å². The maximum Gasteiger partial charge on any atom is 0.217 e. The van der Waals surface area contributed by atoms with Crippen LogP contribution < -0.4 is 0 Å². The maximum atomic E-state index is 9.45. The first-order valence-corrected chi connectivity index (χ1v) is 3.00. The van der Waals surface area contributed by atoms with E-state index in [0.717, 1.165) is 0 Å². The molecule has 0 aliphatic carbocycles. The first-order chi connectivity index (χ1) is 3.06. The molecule has 0 aromatic rings. The van der Waals surface area contributed by atoms with Crippen molar-refractivity contribution in [2.45, 2.75) is 6.92 Å². The molecule has 0 rings (SSSR count). The molecule has 0 saturated carbocycles. The highest BCUT2D eigenvalue weighted by molar-refractivity contribution is 7.80. The topological polar surface area (TPSA) is 66.4 Å². The van der Waals surface area contributed by atoms with Crippen LogP contribution in [0.4, 0.5) is 0 Å². The van der Waals surface area contributed by atoms with Crippen molar-refractivity contribution < 1.29 is 17.2 Å². The Labute approximate surface area is 55.2 Å². The van der Waals surface area contributed by atoms with Gasteiger partial charge in [-0.05, 0) is 6.92 Å². The molecule has 0 aromatic heterocycles. The monoisotopic (exact) mass is 160 g/mol. The van der Waals surface area contributed by atoms with E-state index in [4.69, 9.17) is 0 Å². The van der Waals surface area contributed by atoms with Crippen LogP contribution in [-0.4, -0.2) is 19.6 Å². The van der Waals surface area contributed by atoms with Crippen LogP contribution in [0, 0.1) is 0 Å². The SMILES string of the molecule is CCOS(=O)(=O)[O-].[SH3+]. The third-order valence-electron chi connectivity index (χ3n) is 0.262. The first kappa shape index (κ1) is 11.1. The van der Waals surface area contributed by atoms with Crippen LogP contribution in [-0.2, 0) is 28.1 Å². The van der Waals surface area contributed by atoms with Gasteiger partial charge in [-0.3, -0.25) is 4.18 Å². The molecule has 0 radical (unpaired) electrons. The molecule has 0 bridgehead atoms. The minimum atomic E-state index is -4.42. The van der Waals surface area contributed by atoms with E-state index >= 15 is 0 Å². The first-order valence-electron chi connectivity index (χ1n) is 1.66. The molecule has 0 heterocycles. The fourth-order valence-corrected chi connectivity index (χ4v) is 0.433. The summed E-state index contributed by atoms with van der Waals surface area (Å²) in [6, 6.07) is 0. The van der Waals surface area contributed by atoms with E-state index in [2.05, 4.69) is 4.18 Å². The Morgan fingerprint density at radius 2 is 2.00 bits per heavy atom. The van der Waals surface area contributed by atoms with Crippen LogP contribution in [0.2, 0.25) is 0 Å². The van der Waals surface area contributed by atoms with Crippen LogP contribution in [0.25, 0.3) is 0 Å². The van der Waals surface area contributed by atoms with Gasteiger partial charge in [-0.2, -0.15) is 0 Å². The Balaban J connectivity index is 0. The summed E-state index contributed by atoms with van der Waals surface area (Å²) in [6.07, 6.45) is 0. The van der Waals surface area contributed by atoms with E-state index < -0.39 is 10.4 Å². The molecule has 4 nitrogen and oxygen atoms in total. The van der Waals surface area contributed by atoms with Crippen LogP contribution in [0.15, 0.2) is 0 Å². The van der Waals surface area contributed by atoms with Crippen LogP contribution >= 0.6 is 0 Å². The normalized spacial score (nSPS) is 10.2. The fraction of sp³-hybridized carbons (Fsp3) is 1.00. The molecule has 0 saturated heterocycles. The molecule has 52 valence electrons. The van der Waals surface area contributed by atoms with Crippen LogP contribution in [0.1, 0.15) is 6.92 Å². The minimum absolute atomic E-state index is 0. The fourth-order valence-electron chi connectivity index (χ4n) is 0.144. The lowest BCUT2D eigenvalue weighted by molar-refractivity contribution is 0.275. The molecule has 0 aromatic carbocycles. The summed E-state index contributed by atoms with van der Waals surface area (Å²) >= 11 is 0. The molecule has 0 N–H and O–H groups in total. The van der Waals surface area contributed by atoms with Crippen molar-refractivity contribution in [2.75, 3.05) is 6.61 Å². The molecule has 6 heteroatoms. The van der Waals surface area contributed by atoms with Gasteiger partial charge >= 0.3 is 0 Å². The smallest absolute Gasteiger partial charge is 0.217 e. The van der Waals surface area contributed by atoms with Crippen LogP contribution in [0.5, 0.6) is 0 Å². The maximum absolute atomic E-state index is 9.45. The van der Waals surface area contributed by atoms with E-state index in [9.17, 15) is 13.0 Å². The van der Waals surface area contributed by atoms with Gasteiger partial charge in [0, 0.05) is 0 Å². The van der Waals surface area contributed by atoms with Gasteiger partial charge in [-0.1, -0.05) is 13.5 Å². The van der Waals surface area contributed by atoms with E-state index in [1.54, 1.807) is 0 Å². The zero-order valence-electron chi connectivity index (χ0n) is 4.33. The Morgan fingerprint density at radius 3 is 2.00 bits per heavy atom. The van der Waals surface area contributed by atoms with Gasteiger partial charge in [-0.15, -0.1) is 0 Å². The molecule has 8 heavy (non-hydrogen) atoms. The average Bonchev–Trinajstić information content (AvgIpc) is 1.30. The highest BCUT2D eigenvalue weighted by atomic mass is 32.3. The van der Waals surface area contributed by atoms with E-state index in [1.165, 1.54) is 6.92 Å². The lowest BCUT2D eigenvalue weighted by Gasteiger charge is -2.02. The zero-order valence-corrected chi connectivity index (χ0v) is 6.30. The summed E-state index contributed by atoms with van der Waals surface area (Å²) < 4.78 is 32.0. The third kappa shape index (κ3) is 9.52. The molecule has 0 spiro atoms. The highest BCUT2D eigenvalue weighted by Gasteiger charge is 1.85. The number of hydrogen-bond donors (Lipinski definition) is 0. The van der Waals surface area contributed by atoms with Gasteiger partial charge in [0.1, 0.15) is 0 Å². The average molecular weight is 160 g/mol. The van der Waals surface area contributed by atoms with Gasteiger partial charge in [0.15, 0.2) is 0 Å². The van der Waals surface area contributed by atoms with Crippen LogP contribution in [0.3, 0.4) is 0 Å². The van der Waals surface area contributed by atoms with Crippen molar-refractivity contribution in [2.24, 2.45) is 0 Å². The van der Waals surface area contributed by atoms with Crippen molar-refractivity contribution in [1.29, 1.82) is 0 Å². The summed E-state index contributed by atoms with van der Waals surface area (Å²) in [5, 5.41) is 0. The molecular formula is C2H8O4S2. The predicted molar refractivity (Wildman–Crippen MR) is 32.9 cm³/mol. The second-order valence-electron chi connectivity index (χ2n) is 0.815. The second-order valence-corrected chi connectivity index (χ2v) is 1.87. The van der Waals surface area contributed by atoms with Gasteiger partial charge < -0.3 is 4.55 Å². The molecular weight excluding hydrogens is 152 g/mol. The number of rotatable bonds is 2. The van der Waals surface area contributed by atoms with E-state index in [-0.39, 0.29) is 20.1 Å². The lowest BCUT2D eigenvalue weighted by atomic mass is 10.9. The Kier molecular flexibility index (Phi) is 5.72. The Bertz CT molecular complexity index is 125. The number of hydrogen-bond acceptors (Lipinski definition) is 4. The Hall–Kier alpha value is 0.220. The second kappa shape index (κ2) is 4.13. The summed E-state index contributed by atoms with van der Waals surface area (Å²) in [4.78, 5) is 0. The Morgan fingerprint density at radius 1 is 1.62 bits per heavy atom. The quantitative estimate of drug-likeness (QED) is 0.285. The lowest BCUT2D eigenvalue weighted by Crippen LogP contribution is -2.02. The van der Waals surface area contributed by atoms with Gasteiger partial charge in [-0.25, -0.2) is 8.42 Å². The molecule has 0 unspecified atom stereocenters. The molecule has 0 aliphatic rings. The van der Waals surface area contributed by atoms with E-state index in [1.807, 2.05) is 0 Å². The van der Waals surface area contributed by atoms with Crippen molar-refractivity contribution >= 4 is 23.9 Å². The van der Waals surface area contributed by atoms with Crippen molar-refractivity contribution in [3.63, 3.8) is 0 Å². The van der Waals surface area contributed by atoms with Crippen molar-refractivity contribution in [1.82, 2.24) is 0 Å². The van der Waals surface area contributed by atoms with E-state index in [0.29, 0.717) is 0 Å². The summed E-state index contributed by atoms with van der Waals surface area (Å²) in [5.74, 6) is 0. The van der Waals surface area contributed by atoms with Crippen molar-refractivity contribution in [3.8, 4) is 0 Å². The standard InChI is InChI=1S/C2H6O4S.H2S/c1-2-6-7(3,4)5;/h2H2,1H3,(H,3,4,5);1H2. The minimum Gasteiger partial charge on any atom is -0.726 e. The van der Waals surface area contributed by atoms with Gasteiger partial charge in [0.05, 0.1) is 6.61 Å². The highest BCUT2D eigenvalue weighted by Crippen LogP contribution is 1.80. The van der Waals surface area contributed by atoms with Crippen molar-refractivity contribution in [3.05, 3.63) is 0 Å². The summed E-state index contributed by atoms with van der Waals surface area (Å²) in [5.41, 5.74) is 0. The zero-order chi connectivity index (χ0) is 5.91. The molecule has 0 amide bonds. The van der Waals surface area contributed by atoms with Gasteiger partial charge in [0.2, 0.25) is 10.4 Å². The third-order valence-corrected chi connectivity index (χ3v) is 0.787. The molecule has 0 aliphatic heterocycles.